The molecule has 0 spiro atoms. The molecule has 116 valence electrons. The highest BCUT2D eigenvalue weighted by atomic mass is 16.5. The van der Waals surface area contributed by atoms with E-state index in [1.165, 1.54) is 5.56 Å². The molecule has 0 aliphatic heterocycles. The lowest BCUT2D eigenvalue weighted by Gasteiger charge is -2.18. The summed E-state index contributed by atoms with van der Waals surface area (Å²) < 4.78 is 11.0. The monoisotopic (exact) mass is 282 g/mol. The maximum atomic E-state index is 5.64. The van der Waals surface area contributed by atoms with E-state index in [2.05, 4.69) is 37.1 Å². The first-order valence-corrected chi connectivity index (χ1v) is 7.72. The molecule has 1 N–H and O–H groups in total. The molecule has 0 amide bonds. The van der Waals surface area contributed by atoms with Gasteiger partial charge in [0.25, 0.3) is 0 Å². The van der Waals surface area contributed by atoms with Crippen molar-refractivity contribution < 1.29 is 9.15 Å². The van der Waals surface area contributed by atoms with Crippen LogP contribution in [-0.2, 0) is 17.8 Å². The molecule has 1 heterocycles. The molecule has 4 heteroatoms. The van der Waals surface area contributed by atoms with Gasteiger partial charge in [-0.1, -0.05) is 20.8 Å². The number of ether oxygens (including phenoxy) is 1. The first-order valence-electron chi connectivity index (χ1n) is 7.72. The molecule has 0 bridgehead atoms. The number of furan rings is 1. The van der Waals surface area contributed by atoms with Crippen molar-refractivity contribution in [2.75, 3.05) is 32.8 Å². The summed E-state index contributed by atoms with van der Waals surface area (Å²) in [4.78, 5) is 2.33. The van der Waals surface area contributed by atoms with Gasteiger partial charge in [-0.15, -0.1) is 0 Å². The Morgan fingerprint density at radius 1 is 1.35 bits per heavy atom. The lowest BCUT2D eigenvalue weighted by Crippen LogP contribution is -2.26. The maximum absolute atomic E-state index is 5.64. The summed E-state index contributed by atoms with van der Waals surface area (Å²) in [6.45, 7) is 14.9. The zero-order valence-corrected chi connectivity index (χ0v) is 13.4. The third kappa shape index (κ3) is 7.08. The van der Waals surface area contributed by atoms with E-state index in [1.807, 2.05) is 13.2 Å². The molecular formula is C16H30N2O2. The Labute approximate surface area is 123 Å². The van der Waals surface area contributed by atoms with E-state index < -0.39 is 0 Å². The van der Waals surface area contributed by atoms with Crippen LogP contribution in [-0.4, -0.2) is 37.7 Å². The largest absolute Gasteiger partial charge is 0.468 e. The lowest BCUT2D eigenvalue weighted by atomic mass is 10.2. The highest BCUT2D eigenvalue weighted by molar-refractivity contribution is 5.12. The van der Waals surface area contributed by atoms with Gasteiger partial charge in [0.15, 0.2) is 0 Å². The average Bonchev–Trinajstić information content (AvgIpc) is 2.85. The predicted octanol–water partition coefficient (Wildman–Crippen LogP) is 2.88. The van der Waals surface area contributed by atoms with Crippen LogP contribution in [0.15, 0.2) is 16.7 Å². The van der Waals surface area contributed by atoms with E-state index >= 15 is 0 Å². The summed E-state index contributed by atoms with van der Waals surface area (Å²) >= 11 is 0. The van der Waals surface area contributed by atoms with Gasteiger partial charge in [0.1, 0.15) is 5.76 Å². The first-order chi connectivity index (χ1) is 9.65. The molecule has 1 aromatic rings. The van der Waals surface area contributed by atoms with Crippen molar-refractivity contribution in [1.29, 1.82) is 0 Å². The summed E-state index contributed by atoms with van der Waals surface area (Å²) in [6, 6.07) is 2.15. The Bertz CT molecular complexity index is 350. The third-order valence-electron chi connectivity index (χ3n) is 3.17. The molecule has 0 aliphatic rings. The Hall–Kier alpha value is -0.840. The second-order valence-corrected chi connectivity index (χ2v) is 5.51. The van der Waals surface area contributed by atoms with Crippen molar-refractivity contribution in [1.82, 2.24) is 10.2 Å². The Morgan fingerprint density at radius 2 is 2.15 bits per heavy atom. The minimum absolute atomic E-state index is 0.676. The molecule has 4 nitrogen and oxygen atoms in total. The lowest BCUT2D eigenvalue weighted by molar-refractivity contribution is 0.110. The van der Waals surface area contributed by atoms with Crippen LogP contribution in [0.4, 0.5) is 0 Å². The van der Waals surface area contributed by atoms with Gasteiger partial charge in [0, 0.05) is 25.3 Å². The number of nitrogens with one attached hydrogen (secondary N) is 1. The topological polar surface area (TPSA) is 37.6 Å². The fourth-order valence-corrected chi connectivity index (χ4v) is 2.01. The number of likely N-dealkylation sites (N-methyl/N-ethyl adjacent to an activating group) is 1. The summed E-state index contributed by atoms with van der Waals surface area (Å²) in [5.41, 5.74) is 1.22. The molecule has 0 saturated carbocycles. The van der Waals surface area contributed by atoms with Crippen molar-refractivity contribution in [2.45, 2.75) is 40.8 Å². The molecule has 1 aromatic heterocycles. The molecule has 0 unspecified atom stereocenters. The molecule has 0 saturated heterocycles. The summed E-state index contributed by atoms with van der Waals surface area (Å²) in [5.74, 6) is 1.71. The summed E-state index contributed by atoms with van der Waals surface area (Å²) in [5, 5.41) is 3.43. The van der Waals surface area contributed by atoms with Crippen LogP contribution in [0, 0.1) is 5.92 Å². The van der Waals surface area contributed by atoms with E-state index in [-0.39, 0.29) is 0 Å². The normalized spacial score (nSPS) is 11.7. The van der Waals surface area contributed by atoms with Crippen LogP contribution in [0.1, 0.15) is 39.0 Å². The van der Waals surface area contributed by atoms with Crippen molar-refractivity contribution in [3.8, 4) is 0 Å². The zero-order chi connectivity index (χ0) is 14.8. The van der Waals surface area contributed by atoms with Crippen LogP contribution in [0.25, 0.3) is 0 Å². The fraction of sp³-hybridized carbons (Fsp3) is 0.750. The van der Waals surface area contributed by atoms with Crippen LogP contribution in [0.5, 0.6) is 0 Å². The first kappa shape index (κ1) is 17.2. The van der Waals surface area contributed by atoms with Crippen LogP contribution < -0.4 is 5.32 Å². The van der Waals surface area contributed by atoms with Gasteiger partial charge in [0.2, 0.25) is 0 Å². The van der Waals surface area contributed by atoms with E-state index in [1.54, 1.807) is 0 Å². The van der Waals surface area contributed by atoms with Gasteiger partial charge >= 0.3 is 0 Å². The smallest absolute Gasteiger partial charge is 0.118 e. The van der Waals surface area contributed by atoms with Gasteiger partial charge < -0.3 is 14.5 Å². The van der Waals surface area contributed by atoms with E-state index in [4.69, 9.17) is 9.15 Å². The molecule has 0 aliphatic carbocycles. The van der Waals surface area contributed by atoms with Gasteiger partial charge in [-0.25, -0.2) is 0 Å². The summed E-state index contributed by atoms with van der Waals surface area (Å²) in [7, 11) is 0. The molecule has 20 heavy (non-hydrogen) atoms. The average molecular weight is 282 g/mol. The third-order valence-corrected chi connectivity index (χ3v) is 3.17. The number of hydrogen-bond donors (Lipinski definition) is 1. The fourth-order valence-electron chi connectivity index (χ4n) is 2.01. The molecule has 0 radical (unpaired) electrons. The van der Waals surface area contributed by atoms with E-state index in [9.17, 15) is 0 Å². The van der Waals surface area contributed by atoms with Crippen molar-refractivity contribution in [3.05, 3.63) is 23.7 Å². The van der Waals surface area contributed by atoms with Crippen LogP contribution in [0.2, 0.25) is 0 Å². The Kier molecular flexibility index (Phi) is 8.58. The molecule has 1 rings (SSSR count). The minimum Gasteiger partial charge on any atom is -0.468 e. The van der Waals surface area contributed by atoms with E-state index in [0.717, 1.165) is 51.7 Å². The minimum atomic E-state index is 0.676. The molecular weight excluding hydrogens is 252 g/mol. The molecule has 0 aromatic carbocycles. The van der Waals surface area contributed by atoms with Crippen LogP contribution >= 0.6 is 0 Å². The number of rotatable bonds is 11. The van der Waals surface area contributed by atoms with E-state index in [0.29, 0.717) is 5.92 Å². The van der Waals surface area contributed by atoms with Crippen molar-refractivity contribution in [2.24, 2.45) is 5.92 Å². The highest BCUT2D eigenvalue weighted by Crippen LogP contribution is 2.10. The quantitative estimate of drug-likeness (QED) is 0.633. The molecule has 0 fully saturated rings. The molecule has 0 atom stereocenters. The van der Waals surface area contributed by atoms with Crippen molar-refractivity contribution in [3.63, 3.8) is 0 Å². The number of hydrogen-bond acceptors (Lipinski definition) is 4. The standard InChI is InChI=1S/C16H30N2O2/c1-5-18(7-8-19-6-2)12-16-9-15(13-20-16)11-17-10-14(3)4/h9,13-14,17H,5-8,10-12H2,1-4H3. The van der Waals surface area contributed by atoms with Gasteiger partial charge in [-0.05, 0) is 32.0 Å². The Balaban J connectivity index is 2.33. The predicted molar refractivity (Wildman–Crippen MR) is 82.7 cm³/mol. The second kappa shape index (κ2) is 9.97. The zero-order valence-electron chi connectivity index (χ0n) is 13.4. The van der Waals surface area contributed by atoms with Crippen molar-refractivity contribution >= 4 is 0 Å². The highest BCUT2D eigenvalue weighted by Gasteiger charge is 2.08. The maximum Gasteiger partial charge on any atom is 0.118 e. The SMILES string of the molecule is CCOCCN(CC)Cc1cc(CNCC(C)C)co1. The second-order valence-electron chi connectivity index (χ2n) is 5.51. The number of nitrogens with zero attached hydrogens (tertiary/aromatic N) is 1. The Morgan fingerprint density at radius 3 is 2.80 bits per heavy atom. The van der Waals surface area contributed by atoms with Gasteiger partial charge in [-0.3, -0.25) is 4.90 Å². The van der Waals surface area contributed by atoms with Crippen LogP contribution in [0.3, 0.4) is 0 Å². The van der Waals surface area contributed by atoms with Gasteiger partial charge in [0.05, 0.1) is 19.4 Å². The summed E-state index contributed by atoms with van der Waals surface area (Å²) in [6.07, 6.45) is 1.86. The van der Waals surface area contributed by atoms with Gasteiger partial charge in [-0.2, -0.15) is 0 Å².